The van der Waals surface area contributed by atoms with Gasteiger partial charge >= 0.3 is 11.9 Å². The lowest BCUT2D eigenvalue weighted by atomic mass is 10.2. The molecule has 0 fully saturated rings. The van der Waals surface area contributed by atoms with Crippen molar-refractivity contribution in [1.82, 2.24) is 14.5 Å². The van der Waals surface area contributed by atoms with E-state index in [-0.39, 0.29) is 17.2 Å². The molecule has 31 heavy (non-hydrogen) atoms. The second-order valence-corrected chi connectivity index (χ2v) is 7.98. The zero-order valence-electron chi connectivity index (χ0n) is 16.5. The molecule has 0 amide bonds. The molecule has 9 heteroatoms. The van der Waals surface area contributed by atoms with E-state index in [9.17, 15) is 9.59 Å². The molecule has 4 aromatic rings. The molecule has 4 heterocycles. The summed E-state index contributed by atoms with van der Waals surface area (Å²) < 4.78 is 17.6. The number of carbonyl (C=O) groups is 2. The van der Waals surface area contributed by atoms with Crippen LogP contribution in [0.15, 0.2) is 42.6 Å². The number of rotatable bonds is 4. The topological polar surface area (TPSA) is 92.5 Å². The number of pyridine rings is 1. The van der Waals surface area contributed by atoms with Crippen molar-refractivity contribution in [2.45, 2.75) is 6.92 Å². The molecule has 1 aromatic carbocycles. The number of carbonyl (C=O) groups excluding carboxylic acids is 2. The molecule has 0 atom stereocenters. The van der Waals surface area contributed by atoms with E-state index < -0.39 is 11.9 Å². The Morgan fingerprint density at radius 1 is 1.10 bits per heavy atom. The Morgan fingerprint density at radius 2 is 1.94 bits per heavy atom. The van der Waals surface area contributed by atoms with Crippen LogP contribution < -0.4 is 14.2 Å². The van der Waals surface area contributed by atoms with Gasteiger partial charge in [0.15, 0.2) is 5.75 Å². The first-order valence-corrected chi connectivity index (χ1v) is 10.1. The van der Waals surface area contributed by atoms with Crippen molar-refractivity contribution in [1.29, 1.82) is 0 Å². The van der Waals surface area contributed by atoms with Gasteiger partial charge in [0.1, 0.15) is 17.2 Å². The van der Waals surface area contributed by atoms with E-state index in [1.807, 2.05) is 49.4 Å². The Balaban J connectivity index is 1.79. The van der Waals surface area contributed by atoms with Gasteiger partial charge in [-0.1, -0.05) is 6.07 Å². The minimum atomic E-state index is -1.14. The van der Waals surface area contributed by atoms with Gasteiger partial charge < -0.3 is 14.2 Å². The van der Waals surface area contributed by atoms with E-state index in [1.165, 1.54) is 12.0 Å². The largest absolute Gasteiger partial charge is 0.490 e. The van der Waals surface area contributed by atoms with Crippen LogP contribution in [-0.4, -0.2) is 33.6 Å². The summed E-state index contributed by atoms with van der Waals surface area (Å²) in [5, 5.41) is 0. The van der Waals surface area contributed by atoms with Crippen LogP contribution in [-0.2, 0) is 9.59 Å². The second kappa shape index (κ2) is 7.37. The molecule has 0 radical (unpaired) electrons. The highest BCUT2D eigenvalue weighted by Crippen LogP contribution is 2.45. The van der Waals surface area contributed by atoms with Crippen LogP contribution in [0.3, 0.4) is 0 Å². The van der Waals surface area contributed by atoms with Gasteiger partial charge in [-0.3, -0.25) is 4.57 Å². The molecule has 1 aliphatic rings. The number of aromatic nitrogens is 3. The zero-order valence-corrected chi connectivity index (χ0v) is 17.3. The van der Waals surface area contributed by atoms with Gasteiger partial charge in [-0.05, 0) is 43.3 Å². The predicted molar refractivity (Wildman–Crippen MR) is 115 cm³/mol. The number of nitrogens with zero attached hydrogens (tertiary/aromatic N) is 3. The molecule has 0 aliphatic carbocycles. The van der Waals surface area contributed by atoms with E-state index in [0.29, 0.717) is 22.7 Å². The van der Waals surface area contributed by atoms with Gasteiger partial charge in [0, 0.05) is 22.0 Å². The van der Waals surface area contributed by atoms with Crippen molar-refractivity contribution >= 4 is 46.5 Å². The molecule has 0 saturated carbocycles. The van der Waals surface area contributed by atoms with Crippen molar-refractivity contribution in [3.8, 4) is 23.1 Å². The molecular formula is C22H15N3O5S. The minimum Gasteiger partial charge on any atom is -0.490 e. The quantitative estimate of drug-likeness (QED) is 0.275. The van der Waals surface area contributed by atoms with Crippen molar-refractivity contribution < 1.29 is 23.8 Å². The third kappa shape index (κ3) is 3.24. The number of hydrogen-bond acceptors (Lipinski definition) is 8. The van der Waals surface area contributed by atoms with Crippen LogP contribution in [0.25, 0.3) is 29.0 Å². The second-order valence-electron chi connectivity index (χ2n) is 6.66. The standard InChI is InChI=1S/C22H15N3O5S/c1-12-6-7-13(31-12)8-9-17-24-18-14(25(17)16-5-3-4-10-23-16)11-15-19(28-2)20(18)30-22(27)21(26)29-15/h3-11H,1-2H3/b9-8+. The molecular weight excluding hydrogens is 418 g/mol. The summed E-state index contributed by atoms with van der Waals surface area (Å²) in [4.78, 5) is 35.3. The number of ether oxygens (including phenoxy) is 3. The molecule has 0 saturated heterocycles. The normalized spacial score (nSPS) is 13.4. The van der Waals surface area contributed by atoms with E-state index in [4.69, 9.17) is 14.2 Å². The molecule has 3 aromatic heterocycles. The Bertz CT molecular complexity index is 1370. The lowest BCUT2D eigenvalue weighted by molar-refractivity contribution is -0.155. The number of fused-ring (bicyclic) bond motifs is 4. The van der Waals surface area contributed by atoms with Crippen molar-refractivity contribution in [2.24, 2.45) is 0 Å². The van der Waals surface area contributed by atoms with Gasteiger partial charge in [-0.2, -0.15) is 0 Å². The summed E-state index contributed by atoms with van der Waals surface area (Å²) >= 11 is 1.66. The van der Waals surface area contributed by atoms with Gasteiger partial charge in [0.25, 0.3) is 0 Å². The lowest BCUT2D eigenvalue weighted by Crippen LogP contribution is -2.23. The maximum Gasteiger partial charge on any atom is 0.423 e. The summed E-state index contributed by atoms with van der Waals surface area (Å²) in [6, 6.07) is 11.1. The summed E-state index contributed by atoms with van der Waals surface area (Å²) in [5.41, 5.74) is 0.897. The average Bonchev–Trinajstić information content (AvgIpc) is 3.33. The fourth-order valence-corrected chi connectivity index (χ4v) is 4.12. The smallest absolute Gasteiger partial charge is 0.423 e. The molecule has 0 N–H and O–H groups in total. The van der Waals surface area contributed by atoms with Crippen LogP contribution in [0.4, 0.5) is 0 Å². The lowest BCUT2D eigenvalue weighted by Gasteiger charge is -2.10. The highest BCUT2D eigenvalue weighted by molar-refractivity contribution is 7.12. The summed E-state index contributed by atoms with van der Waals surface area (Å²) in [5.74, 6) is -0.877. The third-order valence-corrected chi connectivity index (χ3v) is 5.62. The van der Waals surface area contributed by atoms with E-state index in [0.717, 1.165) is 4.88 Å². The van der Waals surface area contributed by atoms with E-state index in [1.54, 1.807) is 28.2 Å². The highest BCUT2D eigenvalue weighted by atomic mass is 32.1. The Kier molecular flexibility index (Phi) is 4.52. The third-order valence-electron chi connectivity index (χ3n) is 4.66. The summed E-state index contributed by atoms with van der Waals surface area (Å²) in [6.45, 7) is 2.04. The molecule has 1 aliphatic heterocycles. The van der Waals surface area contributed by atoms with Gasteiger partial charge in [0.2, 0.25) is 11.5 Å². The minimum absolute atomic E-state index is 0.0298. The SMILES string of the molecule is COc1c2cc3c(nc(/C=C/c4ccc(C)s4)n3-c3ccccn3)c1OC(=O)C(=O)O2. The number of esters is 2. The number of benzene rings is 1. The summed E-state index contributed by atoms with van der Waals surface area (Å²) in [7, 11) is 1.40. The Hall–Kier alpha value is -3.98. The van der Waals surface area contributed by atoms with Crippen molar-refractivity contribution in [3.63, 3.8) is 0 Å². The Labute approximate surface area is 180 Å². The number of imidazole rings is 1. The van der Waals surface area contributed by atoms with Crippen LogP contribution in [0.2, 0.25) is 0 Å². The van der Waals surface area contributed by atoms with E-state index >= 15 is 0 Å². The van der Waals surface area contributed by atoms with Crippen molar-refractivity contribution in [3.05, 3.63) is 58.2 Å². The fraction of sp³-hybridized carbons (Fsp3) is 0.0909. The zero-order chi connectivity index (χ0) is 21.5. The van der Waals surface area contributed by atoms with Crippen LogP contribution >= 0.6 is 11.3 Å². The van der Waals surface area contributed by atoms with Crippen LogP contribution in [0, 0.1) is 6.92 Å². The molecule has 2 bridgehead atoms. The monoisotopic (exact) mass is 433 g/mol. The molecule has 5 rings (SSSR count). The number of thiophene rings is 1. The van der Waals surface area contributed by atoms with Crippen molar-refractivity contribution in [2.75, 3.05) is 7.11 Å². The molecule has 0 unspecified atom stereocenters. The predicted octanol–water partition coefficient (Wildman–Crippen LogP) is 3.79. The maximum absolute atomic E-state index is 12.0. The first-order valence-electron chi connectivity index (χ1n) is 9.28. The molecule has 154 valence electrons. The molecule has 0 spiro atoms. The number of methoxy groups -OCH3 is 1. The van der Waals surface area contributed by atoms with Gasteiger partial charge in [-0.25, -0.2) is 19.6 Å². The van der Waals surface area contributed by atoms with Crippen LogP contribution in [0.1, 0.15) is 15.6 Å². The maximum atomic E-state index is 12.0. The Morgan fingerprint density at radius 3 is 2.65 bits per heavy atom. The van der Waals surface area contributed by atoms with Gasteiger partial charge in [0.05, 0.1) is 12.6 Å². The van der Waals surface area contributed by atoms with E-state index in [2.05, 4.69) is 9.97 Å². The highest BCUT2D eigenvalue weighted by Gasteiger charge is 2.33. The first kappa shape index (κ1) is 19.0. The van der Waals surface area contributed by atoms with Crippen LogP contribution in [0.5, 0.6) is 17.2 Å². The first-order chi connectivity index (χ1) is 15.0. The molecule has 8 nitrogen and oxygen atoms in total. The number of hydrogen-bond donors (Lipinski definition) is 0. The van der Waals surface area contributed by atoms with Gasteiger partial charge in [-0.15, -0.1) is 11.3 Å². The average molecular weight is 433 g/mol. The summed E-state index contributed by atoms with van der Waals surface area (Å²) in [6.07, 6.45) is 5.48. The number of aryl methyl sites for hydroxylation is 1. The fourth-order valence-electron chi connectivity index (χ4n) is 3.34.